The van der Waals surface area contributed by atoms with Crippen LogP contribution in [0.4, 0.5) is 17.6 Å². The third kappa shape index (κ3) is 6.31. The fraction of sp³-hybridized carbons (Fsp3) is 0.586. The molecule has 0 spiro atoms. The topological polar surface area (TPSA) is 18.5 Å². The van der Waals surface area contributed by atoms with Crippen LogP contribution in [0.3, 0.4) is 0 Å². The summed E-state index contributed by atoms with van der Waals surface area (Å²) in [5.41, 5.74) is 1.62. The maximum absolute atomic E-state index is 14.6. The van der Waals surface area contributed by atoms with Gasteiger partial charge in [0.1, 0.15) is 5.75 Å². The van der Waals surface area contributed by atoms with Gasteiger partial charge in [-0.3, -0.25) is 0 Å². The maximum Gasteiger partial charge on any atom is 0.398 e. The van der Waals surface area contributed by atoms with Crippen molar-refractivity contribution in [2.45, 2.75) is 103 Å². The van der Waals surface area contributed by atoms with Crippen molar-refractivity contribution in [3.8, 4) is 11.5 Å². The lowest BCUT2D eigenvalue weighted by atomic mass is 9.77. The third-order valence-electron chi connectivity index (χ3n) is 7.64. The smallest absolute Gasteiger partial charge is 0.398 e. The first-order valence-electron chi connectivity index (χ1n) is 13.1. The van der Waals surface area contributed by atoms with Crippen molar-refractivity contribution in [3.63, 3.8) is 0 Å². The zero-order chi connectivity index (χ0) is 25.0. The molecular weight excluding hydrogens is 456 g/mol. The molecule has 1 aliphatic carbocycles. The molecule has 0 saturated heterocycles. The van der Waals surface area contributed by atoms with Crippen LogP contribution in [0.1, 0.15) is 94.2 Å². The van der Waals surface area contributed by atoms with Gasteiger partial charge < -0.3 is 9.47 Å². The lowest BCUT2D eigenvalue weighted by Crippen LogP contribution is -2.26. The van der Waals surface area contributed by atoms with E-state index in [1.165, 1.54) is 31.7 Å². The van der Waals surface area contributed by atoms with Gasteiger partial charge in [-0.15, -0.1) is 0 Å². The Labute approximate surface area is 206 Å². The second-order valence-corrected chi connectivity index (χ2v) is 10.2. The van der Waals surface area contributed by atoms with Gasteiger partial charge >= 0.3 is 6.11 Å². The fourth-order valence-electron chi connectivity index (χ4n) is 5.55. The number of aryl methyl sites for hydroxylation is 2. The molecule has 0 radical (unpaired) electrons. The van der Waals surface area contributed by atoms with E-state index >= 15 is 0 Å². The van der Waals surface area contributed by atoms with Crippen LogP contribution in [0.2, 0.25) is 0 Å². The Morgan fingerprint density at radius 3 is 2.34 bits per heavy atom. The highest BCUT2D eigenvalue weighted by molar-refractivity contribution is 5.41. The van der Waals surface area contributed by atoms with E-state index in [9.17, 15) is 17.6 Å². The van der Waals surface area contributed by atoms with Crippen LogP contribution in [0.5, 0.6) is 11.5 Å². The average Bonchev–Trinajstić information content (AvgIpc) is 2.86. The van der Waals surface area contributed by atoms with Crippen LogP contribution in [-0.2, 0) is 12.8 Å². The number of benzene rings is 2. The zero-order valence-electron chi connectivity index (χ0n) is 20.7. The molecule has 2 nitrogen and oxygen atoms in total. The molecule has 0 aromatic heterocycles. The summed E-state index contributed by atoms with van der Waals surface area (Å²) in [5.74, 6) is -0.919. The first-order valence-corrected chi connectivity index (χ1v) is 13.1. The molecule has 1 atom stereocenters. The molecule has 1 heterocycles. The van der Waals surface area contributed by atoms with Gasteiger partial charge in [0.25, 0.3) is 0 Å². The lowest BCUT2D eigenvalue weighted by molar-refractivity contribution is -0.180. The van der Waals surface area contributed by atoms with Crippen LogP contribution < -0.4 is 9.47 Å². The second kappa shape index (κ2) is 11.2. The van der Waals surface area contributed by atoms with E-state index in [1.807, 2.05) is 19.1 Å². The first-order chi connectivity index (χ1) is 16.8. The summed E-state index contributed by atoms with van der Waals surface area (Å²) in [4.78, 5) is 0. The molecule has 1 saturated carbocycles. The van der Waals surface area contributed by atoms with Gasteiger partial charge in [-0.2, -0.15) is 13.2 Å². The minimum atomic E-state index is -3.50. The van der Waals surface area contributed by atoms with Gasteiger partial charge in [0.05, 0.1) is 12.5 Å². The summed E-state index contributed by atoms with van der Waals surface area (Å²) >= 11 is 0. The monoisotopic (exact) mass is 492 g/mol. The van der Waals surface area contributed by atoms with E-state index in [-0.39, 0.29) is 29.6 Å². The number of ether oxygens (including phenoxy) is 2. The third-order valence-corrected chi connectivity index (χ3v) is 7.64. The summed E-state index contributed by atoms with van der Waals surface area (Å²) in [6.45, 7) is 4.14. The Morgan fingerprint density at radius 1 is 0.971 bits per heavy atom. The van der Waals surface area contributed by atoms with Gasteiger partial charge in [0.2, 0.25) is 5.82 Å². The second-order valence-electron chi connectivity index (χ2n) is 10.2. The first kappa shape index (κ1) is 25.8. The van der Waals surface area contributed by atoms with Gasteiger partial charge in [-0.1, -0.05) is 38.8 Å². The van der Waals surface area contributed by atoms with E-state index in [2.05, 4.69) is 6.92 Å². The van der Waals surface area contributed by atoms with Crippen molar-refractivity contribution in [1.82, 2.24) is 0 Å². The number of fused-ring (bicyclic) bond motifs is 1. The summed E-state index contributed by atoms with van der Waals surface area (Å²) in [5, 5.41) is 0. The highest BCUT2D eigenvalue weighted by atomic mass is 19.3. The maximum atomic E-state index is 14.6. The minimum absolute atomic E-state index is 0.0721. The Hall–Kier alpha value is -2.24. The van der Waals surface area contributed by atoms with Crippen molar-refractivity contribution in [2.24, 2.45) is 5.92 Å². The number of alkyl halides is 2. The summed E-state index contributed by atoms with van der Waals surface area (Å²) in [6.07, 6.45) is 4.42. The summed E-state index contributed by atoms with van der Waals surface area (Å²) < 4.78 is 68.8. The number of rotatable bonds is 9. The predicted octanol–water partition coefficient (Wildman–Crippen LogP) is 8.75. The molecule has 2 aromatic carbocycles. The molecule has 1 aliphatic heterocycles. The predicted molar refractivity (Wildman–Crippen MR) is 129 cm³/mol. The average molecular weight is 493 g/mol. The largest absolute Gasteiger partial charge is 0.487 e. The highest BCUT2D eigenvalue weighted by Gasteiger charge is 2.33. The van der Waals surface area contributed by atoms with Crippen molar-refractivity contribution in [3.05, 3.63) is 58.7 Å². The van der Waals surface area contributed by atoms with Crippen LogP contribution in [0.15, 0.2) is 30.3 Å². The summed E-state index contributed by atoms with van der Waals surface area (Å²) in [6, 6.07) is 8.38. The molecular formula is C29H36F4O2. The fourth-order valence-corrected chi connectivity index (χ4v) is 5.55. The van der Waals surface area contributed by atoms with Crippen molar-refractivity contribution >= 4 is 0 Å². The van der Waals surface area contributed by atoms with Crippen LogP contribution in [-0.4, -0.2) is 12.2 Å². The quantitative estimate of drug-likeness (QED) is 0.326. The van der Waals surface area contributed by atoms with E-state index in [4.69, 9.17) is 9.47 Å². The molecule has 0 N–H and O–H groups in total. The zero-order valence-corrected chi connectivity index (χ0v) is 20.7. The molecule has 6 heteroatoms. The SMILES string of the molecule is CCCC1CCC(c2ccc(OC(F)(F)CCc3cc4c(c(F)c3F)OC(CC)CC4)cc2)CC1. The van der Waals surface area contributed by atoms with Gasteiger partial charge in [0.15, 0.2) is 11.6 Å². The Morgan fingerprint density at radius 2 is 1.69 bits per heavy atom. The van der Waals surface area contributed by atoms with E-state index < -0.39 is 24.2 Å². The van der Waals surface area contributed by atoms with Crippen molar-refractivity contribution in [2.75, 3.05) is 0 Å². The molecule has 35 heavy (non-hydrogen) atoms. The minimum Gasteiger partial charge on any atom is -0.487 e. The highest BCUT2D eigenvalue weighted by Crippen LogP contribution is 2.39. The number of hydrogen-bond acceptors (Lipinski definition) is 2. The Bertz CT molecular complexity index is 981. The van der Waals surface area contributed by atoms with E-state index in [1.54, 1.807) is 12.1 Å². The summed E-state index contributed by atoms with van der Waals surface area (Å²) in [7, 11) is 0. The van der Waals surface area contributed by atoms with E-state index in [0.717, 1.165) is 24.3 Å². The van der Waals surface area contributed by atoms with Crippen molar-refractivity contribution < 1.29 is 27.0 Å². The normalized spacial score (nSPS) is 22.4. The Kier molecular flexibility index (Phi) is 8.28. The van der Waals surface area contributed by atoms with Crippen LogP contribution >= 0.6 is 0 Å². The molecule has 1 unspecified atom stereocenters. The standard InChI is InChI=1S/C29H36F4O2/c1-3-5-19-6-8-20(9-7-19)21-10-14-25(15-11-21)35-29(32,33)17-16-22-18-23-12-13-24(4-2)34-28(23)27(31)26(22)30/h10-11,14-15,18-20,24H,3-9,12-13,16-17H2,1-2H3. The van der Waals surface area contributed by atoms with Crippen LogP contribution in [0, 0.1) is 17.6 Å². The Balaban J connectivity index is 1.34. The molecule has 2 aliphatic rings. The van der Waals surface area contributed by atoms with Crippen molar-refractivity contribution in [1.29, 1.82) is 0 Å². The van der Waals surface area contributed by atoms with Gasteiger partial charge in [-0.05, 0) is 98.1 Å². The molecule has 0 amide bonds. The number of halogens is 4. The number of hydrogen-bond donors (Lipinski definition) is 0. The molecule has 192 valence electrons. The lowest BCUT2D eigenvalue weighted by Gasteiger charge is -2.28. The molecule has 1 fully saturated rings. The molecule has 2 aromatic rings. The van der Waals surface area contributed by atoms with Crippen LogP contribution in [0.25, 0.3) is 0 Å². The molecule has 0 bridgehead atoms. The molecule has 4 rings (SSSR count). The van der Waals surface area contributed by atoms with Gasteiger partial charge in [0, 0.05) is 0 Å². The van der Waals surface area contributed by atoms with E-state index in [0.29, 0.717) is 30.7 Å². The van der Waals surface area contributed by atoms with Gasteiger partial charge in [-0.25, -0.2) is 4.39 Å².